The summed E-state index contributed by atoms with van der Waals surface area (Å²) in [6.45, 7) is 4.77. The smallest absolute Gasteiger partial charge is 0.150 e. The van der Waals surface area contributed by atoms with Crippen LogP contribution in [0.4, 0.5) is 5.69 Å². The number of nitrogens with zero attached hydrogens (tertiary/aromatic N) is 2. The molecule has 1 heterocycles. The van der Waals surface area contributed by atoms with Crippen molar-refractivity contribution in [1.82, 2.24) is 5.01 Å². The van der Waals surface area contributed by atoms with E-state index in [4.69, 9.17) is 5.73 Å². The summed E-state index contributed by atoms with van der Waals surface area (Å²) < 4.78 is 0. The third-order valence-corrected chi connectivity index (χ3v) is 3.10. The first kappa shape index (κ1) is 11.5. The number of aldehydes is 1. The van der Waals surface area contributed by atoms with E-state index in [9.17, 15) is 4.79 Å². The van der Waals surface area contributed by atoms with Crippen LogP contribution in [0.2, 0.25) is 0 Å². The Bertz CT molecular complexity index is 441. The predicted molar refractivity (Wildman–Crippen MR) is 68.0 cm³/mol. The molecule has 1 aliphatic heterocycles. The van der Waals surface area contributed by atoms with Gasteiger partial charge in [-0.2, -0.15) is 0 Å². The molecule has 0 saturated carbocycles. The van der Waals surface area contributed by atoms with Crippen molar-refractivity contribution < 1.29 is 4.79 Å². The van der Waals surface area contributed by atoms with Crippen LogP contribution in [0.25, 0.3) is 0 Å². The minimum absolute atomic E-state index is 0.391. The number of carbonyl (C=O) groups is 1. The van der Waals surface area contributed by atoms with Gasteiger partial charge in [-0.1, -0.05) is 18.2 Å². The average molecular weight is 231 g/mol. The second-order valence-corrected chi connectivity index (χ2v) is 4.02. The largest absolute Gasteiger partial charge is 0.398 e. The summed E-state index contributed by atoms with van der Waals surface area (Å²) in [4.78, 5) is 11.2. The molecule has 0 saturated heterocycles. The molecular formula is C13H17N3O. The number of carbonyl (C=O) groups excluding carboxylic acids is 1. The van der Waals surface area contributed by atoms with Crippen molar-refractivity contribution in [3.8, 4) is 0 Å². The van der Waals surface area contributed by atoms with Crippen molar-refractivity contribution in [2.24, 2.45) is 5.73 Å². The van der Waals surface area contributed by atoms with Gasteiger partial charge in [-0.15, -0.1) is 0 Å². The van der Waals surface area contributed by atoms with Crippen LogP contribution in [0.1, 0.15) is 13.8 Å². The van der Waals surface area contributed by atoms with Crippen molar-refractivity contribution >= 4 is 12.0 Å². The van der Waals surface area contributed by atoms with Crippen LogP contribution in [0.3, 0.4) is 0 Å². The van der Waals surface area contributed by atoms with E-state index in [1.165, 1.54) is 0 Å². The van der Waals surface area contributed by atoms with Gasteiger partial charge >= 0.3 is 0 Å². The lowest BCUT2D eigenvalue weighted by molar-refractivity contribution is -0.108. The van der Waals surface area contributed by atoms with Crippen molar-refractivity contribution in [1.29, 1.82) is 0 Å². The summed E-state index contributed by atoms with van der Waals surface area (Å²) in [7, 11) is 0. The van der Waals surface area contributed by atoms with Gasteiger partial charge in [-0.25, -0.2) is 0 Å². The number of benzene rings is 1. The van der Waals surface area contributed by atoms with Crippen LogP contribution in [-0.4, -0.2) is 23.9 Å². The lowest BCUT2D eigenvalue weighted by Crippen LogP contribution is -2.44. The molecule has 1 aliphatic rings. The molecule has 0 aliphatic carbocycles. The number of para-hydroxylation sites is 1. The monoisotopic (exact) mass is 231 g/mol. The average Bonchev–Trinajstić information content (AvgIpc) is 2.62. The van der Waals surface area contributed by atoms with Crippen molar-refractivity contribution in [2.75, 3.05) is 11.6 Å². The molecule has 90 valence electrons. The van der Waals surface area contributed by atoms with E-state index in [0.29, 0.717) is 5.70 Å². The number of hydrogen-bond acceptors (Lipinski definition) is 4. The fourth-order valence-electron chi connectivity index (χ4n) is 2.21. The van der Waals surface area contributed by atoms with Gasteiger partial charge in [0.2, 0.25) is 0 Å². The maximum absolute atomic E-state index is 11.2. The van der Waals surface area contributed by atoms with E-state index < -0.39 is 6.04 Å². The maximum atomic E-state index is 11.2. The summed E-state index contributed by atoms with van der Waals surface area (Å²) in [5.41, 5.74) is 8.55. The van der Waals surface area contributed by atoms with Gasteiger partial charge in [-0.3, -0.25) is 10.0 Å². The zero-order valence-corrected chi connectivity index (χ0v) is 10.1. The number of nitrogens with two attached hydrogens (primary N) is 1. The predicted octanol–water partition coefficient (Wildman–Crippen LogP) is 1.50. The van der Waals surface area contributed by atoms with Gasteiger partial charge in [0.05, 0.1) is 17.1 Å². The summed E-state index contributed by atoms with van der Waals surface area (Å²) in [5.74, 6) is 0. The highest BCUT2D eigenvalue weighted by Crippen LogP contribution is 2.30. The first-order valence-corrected chi connectivity index (χ1v) is 5.74. The topological polar surface area (TPSA) is 49.6 Å². The van der Waals surface area contributed by atoms with E-state index >= 15 is 0 Å². The second-order valence-electron chi connectivity index (χ2n) is 4.02. The highest BCUT2D eigenvalue weighted by Gasteiger charge is 2.34. The molecule has 0 amide bonds. The highest BCUT2D eigenvalue weighted by molar-refractivity contribution is 5.72. The van der Waals surface area contributed by atoms with Crippen molar-refractivity contribution in [3.05, 3.63) is 41.7 Å². The number of allylic oxidation sites excluding steroid dienone is 1. The lowest BCUT2D eigenvalue weighted by atomic mass is 10.2. The molecule has 2 N–H and O–H groups in total. The molecule has 1 aromatic rings. The first-order chi connectivity index (χ1) is 8.20. The molecule has 2 rings (SSSR count). The Morgan fingerprint density at radius 1 is 1.35 bits per heavy atom. The fraction of sp³-hybridized carbons (Fsp3) is 0.308. The second kappa shape index (κ2) is 4.49. The van der Waals surface area contributed by atoms with Crippen LogP contribution in [0.15, 0.2) is 41.7 Å². The molecule has 0 fully saturated rings. The Morgan fingerprint density at radius 3 is 2.53 bits per heavy atom. The molecule has 4 nitrogen and oxygen atoms in total. The van der Waals surface area contributed by atoms with Gasteiger partial charge in [-0.05, 0) is 26.0 Å². The van der Waals surface area contributed by atoms with E-state index in [-0.39, 0.29) is 0 Å². The number of hydrazine groups is 1. The van der Waals surface area contributed by atoms with Gasteiger partial charge in [0.1, 0.15) is 6.04 Å². The van der Waals surface area contributed by atoms with Crippen LogP contribution >= 0.6 is 0 Å². The van der Waals surface area contributed by atoms with Crippen LogP contribution in [0.5, 0.6) is 0 Å². The summed E-state index contributed by atoms with van der Waals surface area (Å²) in [6, 6.07) is 9.42. The van der Waals surface area contributed by atoms with Crippen LogP contribution < -0.4 is 10.7 Å². The number of hydrogen-bond donors (Lipinski definition) is 1. The molecule has 1 aromatic carbocycles. The number of anilines is 1. The van der Waals surface area contributed by atoms with Crippen molar-refractivity contribution in [2.45, 2.75) is 19.9 Å². The molecule has 1 atom stereocenters. The van der Waals surface area contributed by atoms with Crippen LogP contribution in [0, 0.1) is 0 Å². The van der Waals surface area contributed by atoms with E-state index in [0.717, 1.165) is 24.2 Å². The molecule has 0 radical (unpaired) electrons. The Morgan fingerprint density at radius 2 is 2.00 bits per heavy atom. The Hall–Kier alpha value is -1.97. The Kier molecular flexibility index (Phi) is 3.04. The molecule has 0 aromatic heterocycles. The fourth-order valence-corrected chi connectivity index (χ4v) is 2.21. The normalized spacial score (nSPS) is 20.0. The quantitative estimate of drug-likeness (QED) is 0.801. The first-order valence-electron chi connectivity index (χ1n) is 5.74. The van der Waals surface area contributed by atoms with Crippen LogP contribution in [-0.2, 0) is 4.79 Å². The zero-order chi connectivity index (χ0) is 12.4. The summed E-state index contributed by atoms with van der Waals surface area (Å²) in [5, 5.41) is 3.97. The third kappa shape index (κ3) is 1.75. The Labute approximate surface area is 101 Å². The molecule has 17 heavy (non-hydrogen) atoms. The van der Waals surface area contributed by atoms with Gasteiger partial charge < -0.3 is 10.5 Å². The molecule has 4 heteroatoms. The summed E-state index contributed by atoms with van der Waals surface area (Å²) in [6.07, 6.45) is 0.890. The minimum atomic E-state index is -0.391. The van der Waals surface area contributed by atoms with Gasteiger partial charge in [0, 0.05) is 6.54 Å². The summed E-state index contributed by atoms with van der Waals surface area (Å²) >= 11 is 0. The highest BCUT2D eigenvalue weighted by atomic mass is 16.1. The van der Waals surface area contributed by atoms with E-state index in [1.807, 2.05) is 54.2 Å². The zero-order valence-electron chi connectivity index (χ0n) is 10.1. The Balaban J connectivity index is 2.43. The van der Waals surface area contributed by atoms with Crippen molar-refractivity contribution in [3.63, 3.8) is 0 Å². The molecule has 0 bridgehead atoms. The minimum Gasteiger partial charge on any atom is -0.398 e. The maximum Gasteiger partial charge on any atom is 0.150 e. The van der Waals surface area contributed by atoms with Gasteiger partial charge in [0.25, 0.3) is 0 Å². The molecule has 0 spiro atoms. The molecular weight excluding hydrogens is 214 g/mol. The SMILES string of the molecule is CCN1C(C)=C(N)C(C=O)N1c1ccccc1. The van der Waals surface area contributed by atoms with E-state index in [2.05, 4.69) is 0 Å². The lowest BCUT2D eigenvalue weighted by Gasteiger charge is -2.34. The number of rotatable bonds is 3. The standard InChI is InChI=1S/C13H17N3O/c1-3-15-10(2)13(14)12(9-17)16(15)11-7-5-4-6-8-11/h4-9,12H,3,14H2,1-2H3. The van der Waals surface area contributed by atoms with E-state index in [1.54, 1.807) is 0 Å². The third-order valence-electron chi connectivity index (χ3n) is 3.10. The van der Waals surface area contributed by atoms with Gasteiger partial charge in [0.15, 0.2) is 6.29 Å². The molecule has 1 unspecified atom stereocenters.